The van der Waals surface area contributed by atoms with Crippen LogP contribution in [-0.2, 0) is 0 Å². The first-order chi connectivity index (χ1) is 10.2. The molecule has 0 aliphatic heterocycles. The van der Waals surface area contributed by atoms with E-state index in [-0.39, 0.29) is 5.91 Å². The fourth-order valence-corrected chi connectivity index (χ4v) is 2.25. The van der Waals surface area contributed by atoms with Gasteiger partial charge >= 0.3 is 0 Å². The second-order valence-corrected chi connectivity index (χ2v) is 5.19. The standard InChI is InChI=1S/C17H19ClN2O/c1-19-12-5-13-20(16-10-8-15(18)9-11-16)17(21)14-6-3-2-4-7-14/h2-4,6-11,19H,5,12-13H2,1H3. The number of rotatable bonds is 6. The number of carbonyl (C=O) groups excluding carboxylic acids is 1. The van der Waals surface area contributed by atoms with Crippen molar-refractivity contribution in [2.24, 2.45) is 0 Å². The lowest BCUT2D eigenvalue weighted by Gasteiger charge is -2.23. The van der Waals surface area contributed by atoms with Crippen LogP contribution in [0.25, 0.3) is 0 Å². The zero-order valence-corrected chi connectivity index (χ0v) is 12.8. The van der Waals surface area contributed by atoms with E-state index in [1.54, 1.807) is 17.0 Å². The molecule has 2 rings (SSSR count). The van der Waals surface area contributed by atoms with E-state index in [4.69, 9.17) is 11.6 Å². The molecule has 0 bridgehead atoms. The van der Waals surface area contributed by atoms with Crippen molar-refractivity contribution in [3.63, 3.8) is 0 Å². The van der Waals surface area contributed by atoms with Crippen LogP contribution in [0.1, 0.15) is 16.8 Å². The summed E-state index contributed by atoms with van der Waals surface area (Å²) in [5.41, 5.74) is 1.56. The first-order valence-electron chi connectivity index (χ1n) is 6.99. The van der Waals surface area contributed by atoms with Crippen molar-refractivity contribution < 1.29 is 4.79 Å². The van der Waals surface area contributed by atoms with Gasteiger partial charge in [0.25, 0.3) is 5.91 Å². The molecule has 0 unspecified atom stereocenters. The van der Waals surface area contributed by atoms with Gasteiger partial charge in [0.1, 0.15) is 0 Å². The Morgan fingerprint density at radius 1 is 1.10 bits per heavy atom. The van der Waals surface area contributed by atoms with E-state index in [2.05, 4.69) is 5.32 Å². The molecular formula is C17H19ClN2O. The van der Waals surface area contributed by atoms with Gasteiger partial charge in [-0.15, -0.1) is 0 Å². The summed E-state index contributed by atoms with van der Waals surface area (Å²) in [7, 11) is 1.91. The van der Waals surface area contributed by atoms with Crippen molar-refractivity contribution in [2.75, 3.05) is 25.0 Å². The van der Waals surface area contributed by atoms with E-state index in [0.717, 1.165) is 18.7 Å². The van der Waals surface area contributed by atoms with Gasteiger partial charge in [-0.3, -0.25) is 4.79 Å². The van der Waals surface area contributed by atoms with E-state index >= 15 is 0 Å². The molecule has 0 radical (unpaired) electrons. The van der Waals surface area contributed by atoms with Gasteiger partial charge in [-0.25, -0.2) is 0 Å². The minimum atomic E-state index is 0.00836. The summed E-state index contributed by atoms with van der Waals surface area (Å²) in [6.07, 6.45) is 0.887. The highest BCUT2D eigenvalue weighted by Gasteiger charge is 2.16. The van der Waals surface area contributed by atoms with Crippen LogP contribution in [-0.4, -0.2) is 26.0 Å². The Bertz CT molecular complexity index is 569. The Morgan fingerprint density at radius 3 is 2.38 bits per heavy atom. The van der Waals surface area contributed by atoms with Crippen LogP contribution in [0.3, 0.4) is 0 Å². The first kappa shape index (κ1) is 15.5. The maximum atomic E-state index is 12.7. The Labute approximate surface area is 130 Å². The normalized spacial score (nSPS) is 10.4. The van der Waals surface area contributed by atoms with Gasteiger partial charge in [-0.05, 0) is 56.4 Å². The summed E-state index contributed by atoms with van der Waals surface area (Å²) in [6, 6.07) is 16.7. The molecule has 0 saturated carbocycles. The number of anilines is 1. The van der Waals surface area contributed by atoms with Crippen LogP contribution in [0.15, 0.2) is 54.6 Å². The van der Waals surface area contributed by atoms with Crippen LogP contribution in [0, 0.1) is 0 Å². The fourth-order valence-electron chi connectivity index (χ4n) is 2.12. The third-order valence-electron chi connectivity index (χ3n) is 3.21. The summed E-state index contributed by atoms with van der Waals surface area (Å²) in [5.74, 6) is 0.00836. The summed E-state index contributed by atoms with van der Waals surface area (Å²) in [6.45, 7) is 1.53. The number of carbonyl (C=O) groups is 1. The van der Waals surface area contributed by atoms with Crippen LogP contribution in [0.2, 0.25) is 5.02 Å². The molecule has 0 fully saturated rings. The van der Waals surface area contributed by atoms with E-state index in [1.807, 2.05) is 49.5 Å². The van der Waals surface area contributed by atoms with Gasteiger partial charge in [0.2, 0.25) is 0 Å². The Balaban J connectivity index is 2.23. The molecule has 0 aliphatic carbocycles. The molecule has 110 valence electrons. The molecule has 4 heteroatoms. The molecule has 0 heterocycles. The quantitative estimate of drug-likeness (QED) is 0.827. The number of amides is 1. The summed E-state index contributed by atoms with van der Waals surface area (Å²) < 4.78 is 0. The minimum Gasteiger partial charge on any atom is -0.320 e. The largest absolute Gasteiger partial charge is 0.320 e. The maximum Gasteiger partial charge on any atom is 0.258 e. The molecule has 0 aliphatic rings. The summed E-state index contributed by atoms with van der Waals surface area (Å²) in [5, 5.41) is 3.77. The lowest BCUT2D eigenvalue weighted by molar-refractivity contribution is 0.0986. The van der Waals surface area contributed by atoms with Gasteiger partial charge in [0.15, 0.2) is 0 Å². The second-order valence-electron chi connectivity index (χ2n) is 4.76. The average Bonchev–Trinajstić information content (AvgIpc) is 2.53. The molecule has 0 spiro atoms. The molecule has 2 aromatic rings. The van der Waals surface area contributed by atoms with E-state index in [9.17, 15) is 4.79 Å². The monoisotopic (exact) mass is 302 g/mol. The number of hydrogen-bond acceptors (Lipinski definition) is 2. The van der Waals surface area contributed by atoms with Gasteiger partial charge in [-0.1, -0.05) is 29.8 Å². The van der Waals surface area contributed by atoms with Gasteiger partial charge < -0.3 is 10.2 Å². The Kier molecular flexibility index (Phi) is 5.78. The highest BCUT2D eigenvalue weighted by atomic mass is 35.5. The summed E-state index contributed by atoms with van der Waals surface area (Å²) >= 11 is 5.93. The maximum absolute atomic E-state index is 12.7. The molecule has 1 amide bonds. The number of benzene rings is 2. The van der Waals surface area contributed by atoms with Gasteiger partial charge in [0, 0.05) is 22.8 Å². The van der Waals surface area contributed by atoms with E-state index in [1.165, 1.54) is 0 Å². The third kappa shape index (κ3) is 4.31. The smallest absolute Gasteiger partial charge is 0.258 e. The van der Waals surface area contributed by atoms with Crippen LogP contribution < -0.4 is 10.2 Å². The molecular weight excluding hydrogens is 284 g/mol. The molecule has 2 aromatic carbocycles. The SMILES string of the molecule is CNCCCN(C(=O)c1ccccc1)c1ccc(Cl)cc1. The average molecular weight is 303 g/mol. The van der Waals surface area contributed by atoms with Crippen LogP contribution in [0.5, 0.6) is 0 Å². The number of nitrogens with one attached hydrogen (secondary N) is 1. The predicted octanol–water partition coefficient (Wildman–Crippen LogP) is 3.60. The van der Waals surface area contributed by atoms with Crippen molar-refractivity contribution in [1.82, 2.24) is 5.32 Å². The Morgan fingerprint density at radius 2 is 1.76 bits per heavy atom. The highest BCUT2D eigenvalue weighted by Crippen LogP contribution is 2.20. The number of nitrogens with zero attached hydrogens (tertiary/aromatic N) is 1. The number of hydrogen-bond donors (Lipinski definition) is 1. The molecule has 0 saturated heterocycles. The van der Waals surface area contributed by atoms with E-state index in [0.29, 0.717) is 17.1 Å². The van der Waals surface area contributed by atoms with Crippen molar-refractivity contribution in [3.05, 3.63) is 65.2 Å². The van der Waals surface area contributed by atoms with Crippen molar-refractivity contribution in [1.29, 1.82) is 0 Å². The predicted molar refractivity (Wildman–Crippen MR) is 88.1 cm³/mol. The van der Waals surface area contributed by atoms with Crippen LogP contribution >= 0.6 is 11.6 Å². The third-order valence-corrected chi connectivity index (χ3v) is 3.46. The number of halogens is 1. The zero-order valence-electron chi connectivity index (χ0n) is 12.1. The lowest BCUT2D eigenvalue weighted by atomic mass is 10.1. The van der Waals surface area contributed by atoms with Crippen LogP contribution in [0.4, 0.5) is 5.69 Å². The van der Waals surface area contributed by atoms with Crippen molar-refractivity contribution in [3.8, 4) is 0 Å². The molecule has 1 N–H and O–H groups in total. The van der Waals surface area contributed by atoms with Crippen molar-refractivity contribution in [2.45, 2.75) is 6.42 Å². The highest BCUT2D eigenvalue weighted by molar-refractivity contribution is 6.30. The first-order valence-corrected chi connectivity index (χ1v) is 7.37. The minimum absolute atomic E-state index is 0.00836. The molecule has 0 atom stereocenters. The topological polar surface area (TPSA) is 32.3 Å². The lowest BCUT2D eigenvalue weighted by Crippen LogP contribution is -2.33. The second kappa shape index (κ2) is 7.81. The molecule has 21 heavy (non-hydrogen) atoms. The summed E-state index contributed by atoms with van der Waals surface area (Å²) in [4.78, 5) is 14.5. The van der Waals surface area contributed by atoms with Crippen molar-refractivity contribution >= 4 is 23.2 Å². The van der Waals surface area contributed by atoms with Gasteiger partial charge in [0.05, 0.1) is 0 Å². The Hall–Kier alpha value is -1.84. The van der Waals surface area contributed by atoms with E-state index < -0.39 is 0 Å². The van der Waals surface area contributed by atoms with Gasteiger partial charge in [-0.2, -0.15) is 0 Å². The molecule has 3 nitrogen and oxygen atoms in total. The zero-order chi connectivity index (χ0) is 15.1. The fraction of sp³-hybridized carbons (Fsp3) is 0.235. The molecule has 0 aromatic heterocycles.